The summed E-state index contributed by atoms with van der Waals surface area (Å²) in [5.41, 5.74) is 0. The number of nitrogens with one attached hydrogen (secondary N) is 1. The minimum Gasteiger partial charge on any atom is -0.481 e. The lowest BCUT2D eigenvalue weighted by Crippen LogP contribution is -2.35. The SMILES string of the molecule is CC(/C=N/O)C(=O)NCC1CCC(C(=O)O)CC1. The molecular formula is C12H20N2O4. The van der Waals surface area contributed by atoms with Gasteiger partial charge < -0.3 is 15.6 Å². The molecule has 6 heteroatoms. The molecule has 6 nitrogen and oxygen atoms in total. The fourth-order valence-electron chi connectivity index (χ4n) is 2.19. The van der Waals surface area contributed by atoms with Crippen LogP contribution in [0.1, 0.15) is 32.6 Å². The van der Waals surface area contributed by atoms with Gasteiger partial charge in [-0.05, 0) is 38.5 Å². The Morgan fingerprint density at radius 3 is 2.50 bits per heavy atom. The Morgan fingerprint density at radius 1 is 1.39 bits per heavy atom. The Bertz CT molecular complexity index is 322. The van der Waals surface area contributed by atoms with Gasteiger partial charge in [0.1, 0.15) is 0 Å². The second-order valence-corrected chi connectivity index (χ2v) is 4.85. The lowest BCUT2D eigenvalue weighted by Gasteiger charge is -2.26. The van der Waals surface area contributed by atoms with Crippen LogP contribution in [0.25, 0.3) is 0 Å². The summed E-state index contributed by atoms with van der Waals surface area (Å²) in [4.78, 5) is 22.3. The Kier molecular flexibility index (Phi) is 5.61. The van der Waals surface area contributed by atoms with Crippen LogP contribution in [-0.4, -0.2) is 34.9 Å². The lowest BCUT2D eigenvalue weighted by atomic mass is 9.82. The van der Waals surface area contributed by atoms with Gasteiger partial charge in [0.15, 0.2) is 0 Å². The van der Waals surface area contributed by atoms with E-state index in [1.54, 1.807) is 6.92 Å². The summed E-state index contributed by atoms with van der Waals surface area (Å²) in [7, 11) is 0. The van der Waals surface area contributed by atoms with Gasteiger partial charge in [0.05, 0.1) is 18.1 Å². The largest absolute Gasteiger partial charge is 0.481 e. The first kappa shape index (κ1) is 14.5. The van der Waals surface area contributed by atoms with Gasteiger partial charge in [-0.25, -0.2) is 0 Å². The van der Waals surface area contributed by atoms with Gasteiger partial charge >= 0.3 is 5.97 Å². The predicted molar refractivity (Wildman–Crippen MR) is 65.5 cm³/mol. The van der Waals surface area contributed by atoms with Crippen LogP contribution in [0, 0.1) is 17.8 Å². The molecule has 0 aliphatic heterocycles. The maximum atomic E-state index is 11.5. The van der Waals surface area contributed by atoms with Gasteiger partial charge in [-0.1, -0.05) is 0 Å². The second-order valence-electron chi connectivity index (χ2n) is 4.85. The third-order valence-corrected chi connectivity index (χ3v) is 3.46. The second kappa shape index (κ2) is 6.98. The first-order valence-electron chi connectivity index (χ1n) is 6.22. The molecule has 3 N–H and O–H groups in total. The molecule has 1 amide bonds. The van der Waals surface area contributed by atoms with E-state index >= 15 is 0 Å². The van der Waals surface area contributed by atoms with E-state index in [1.807, 2.05) is 0 Å². The third kappa shape index (κ3) is 4.35. The first-order valence-corrected chi connectivity index (χ1v) is 6.22. The van der Waals surface area contributed by atoms with Gasteiger partial charge in [0.2, 0.25) is 5.91 Å². The average Bonchev–Trinajstić information content (AvgIpc) is 2.36. The van der Waals surface area contributed by atoms with Crippen molar-refractivity contribution in [2.45, 2.75) is 32.6 Å². The number of carbonyl (C=O) groups is 2. The summed E-state index contributed by atoms with van der Waals surface area (Å²) >= 11 is 0. The standard InChI is InChI=1S/C12H20N2O4/c1-8(6-14-18)11(15)13-7-9-2-4-10(5-3-9)12(16)17/h6,8-10,18H,2-5,7H2,1H3,(H,13,15)(H,16,17)/b14-6+. The van der Waals surface area contributed by atoms with Crippen molar-refractivity contribution in [3.8, 4) is 0 Å². The molecule has 0 spiro atoms. The van der Waals surface area contributed by atoms with Crippen molar-refractivity contribution in [1.82, 2.24) is 5.32 Å². The maximum absolute atomic E-state index is 11.5. The maximum Gasteiger partial charge on any atom is 0.306 e. The first-order chi connectivity index (χ1) is 8.54. The Hall–Kier alpha value is -1.59. The highest BCUT2D eigenvalue weighted by Gasteiger charge is 2.26. The van der Waals surface area contributed by atoms with E-state index in [0.717, 1.165) is 12.8 Å². The summed E-state index contributed by atoms with van der Waals surface area (Å²) in [6.45, 7) is 2.21. The smallest absolute Gasteiger partial charge is 0.306 e. The van der Waals surface area contributed by atoms with Gasteiger partial charge in [-0.2, -0.15) is 0 Å². The minimum atomic E-state index is -0.717. The van der Waals surface area contributed by atoms with Gasteiger partial charge in [-0.15, -0.1) is 5.16 Å². The quantitative estimate of drug-likeness (QED) is 0.389. The molecule has 1 aliphatic carbocycles. The number of hydrogen-bond acceptors (Lipinski definition) is 4. The highest BCUT2D eigenvalue weighted by Crippen LogP contribution is 2.28. The Balaban J connectivity index is 2.25. The molecule has 1 unspecified atom stereocenters. The molecule has 0 saturated heterocycles. The highest BCUT2D eigenvalue weighted by molar-refractivity contribution is 5.92. The molecule has 0 bridgehead atoms. The monoisotopic (exact) mass is 256 g/mol. The van der Waals surface area contributed by atoms with E-state index in [-0.39, 0.29) is 11.8 Å². The number of nitrogens with zero attached hydrogens (tertiary/aromatic N) is 1. The van der Waals surface area contributed by atoms with E-state index in [4.69, 9.17) is 10.3 Å². The normalized spacial score (nSPS) is 25.8. The third-order valence-electron chi connectivity index (χ3n) is 3.46. The average molecular weight is 256 g/mol. The van der Waals surface area contributed by atoms with E-state index in [1.165, 1.54) is 6.21 Å². The molecule has 0 heterocycles. The topological polar surface area (TPSA) is 99.0 Å². The summed E-state index contributed by atoms with van der Waals surface area (Å²) in [5, 5.41) is 22.8. The summed E-state index contributed by atoms with van der Waals surface area (Å²) in [5.74, 6) is -1.22. The van der Waals surface area contributed by atoms with E-state index < -0.39 is 11.9 Å². The Labute approximate surface area is 106 Å². The number of oxime groups is 1. The van der Waals surface area contributed by atoms with Crippen LogP contribution in [-0.2, 0) is 9.59 Å². The van der Waals surface area contributed by atoms with Crippen molar-refractivity contribution in [2.24, 2.45) is 22.9 Å². The fourth-order valence-corrected chi connectivity index (χ4v) is 2.19. The van der Waals surface area contributed by atoms with Crippen molar-refractivity contribution < 1.29 is 19.9 Å². The number of carbonyl (C=O) groups excluding carboxylic acids is 1. The summed E-state index contributed by atoms with van der Waals surface area (Å²) in [6.07, 6.45) is 4.21. The van der Waals surface area contributed by atoms with Crippen molar-refractivity contribution in [3.05, 3.63) is 0 Å². The van der Waals surface area contributed by atoms with Crippen LogP contribution in [0.5, 0.6) is 0 Å². The number of amides is 1. The van der Waals surface area contributed by atoms with Crippen molar-refractivity contribution in [1.29, 1.82) is 0 Å². The molecule has 1 aliphatic rings. The molecule has 18 heavy (non-hydrogen) atoms. The van der Waals surface area contributed by atoms with E-state index in [2.05, 4.69) is 10.5 Å². The van der Waals surface area contributed by atoms with Crippen molar-refractivity contribution in [3.63, 3.8) is 0 Å². The predicted octanol–water partition coefficient (Wildman–Crippen LogP) is 1.09. The zero-order chi connectivity index (χ0) is 13.5. The molecule has 1 saturated carbocycles. The summed E-state index contributed by atoms with van der Waals surface area (Å²) < 4.78 is 0. The molecule has 1 rings (SSSR count). The van der Waals surface area contributed by atoms with E-state index in [9.17, 15) is 9.59 Å². The Morgan fingerprint density at radius 2 is 2.00 bits per heavy atom. The van der Waals surface area contributed by atoms with Gasteiger partial charge in [0, 0.05) is 6.54 Å². The zero-order valence-corrected chi connectivity index (χ0v) is 10.5. The highest BCUT2D eigenvalue weighted by atomic mass is 16.4. The fraction of sp³-hybridized carbons (Fsp3) is 0.750. The molecular weight excluding hydrogens is 236 g/mol. The molecule has 0 aromatic carbocycles. The van der Waals surface area contributed by atoms with Crippen molar-refractivity contribution >= 4 is 18.1 Å². The molecule has 0 aromatic heterocycles. The van der Waals surface area contributed by atoms with Crippen LogP contribution in [0.3, 0.4) is 0 Å². The summed E-state index contributed by atoms with van der Waals surface area (Å²) in [6, 6.07) is 0. The number of carboxylic acid groups (broad SMARTS) is 1. The molecule has 102 valence electrons. The lowest BCUT2D eigenvalue weighted by molar-refractivity contribution is -0.143. The van der Waals surface area contributed by atoms with Crippen LogP contribution in [0.15, 0.2) is 5.16 Å². The minimum absolute atomic E-state index is 0.173. The number of rotatable bonds is 5. The van der Waals surface area contributed by atoms with Crippen LogP contribution < -0.4 is 5.32 Å². The number of carboxylic acids is 1. The van der Waals surface area contributed by atoms with Crippen LogP contribution >= 0.6 is 0 Å². The number of hydrogen-bond donors (Lipinski definition) is 3. The zero-order valence-electron chi connectivity index (χ0n) is 10.5. The number of aliphatic carboxylic acids is 1. The van der Waals surface area contributed by atoms with Crippen LogP contribution in [0.4, 0.5) is 0 Å². The van der Waals surface area contributed by atoms with Gasteiger partial charge in [0.25, 0.3) is 0 Å². The van der Waals surface area contributed by atoms with Crippen LogP contribution in [0.2, 0.25) is 0 Å². The molecule has 1 fully saturated rings. The molecule has 0 aromatic rings. The van der Waals surface area contributed by atoms with E-state index in [0.29, 0.717) is 25.3 Å². The molecule has 1 atom stereocenters. The van der Waals surface area contributed by atoms with Crippen molar-refractivity contribution in [2.75, 3.05) is 6.54 Å². The van der Waals surface area contributed by atoms with Gasteiger partial charge in [-0.3, -0.25) is 9.59 Å². The molecule has 0 radical (unpaired) electrons.